The minimum absolute atomic E-state index is 0.760. The summed E-state index contributed by atoms with van der Waals surface area (Å²) < 4.78 is 10.6. The maximum Gasteiger partial charge on any atom is 0.123 e. The van der Waals surface area contributed by atoms with Gasteiger partial charge in [0.25, 0.3) is 0 Å². The zero-order chi connectivity index (χ0) is 13.7. The van der Waals surface area contributed by atoms with Crippen LogP contribution >= 0.6 is 15.9 Å². The molecule has 0 saturated carbocycles. The molecule has 0 bridgehead atoms. The summed E-state index contributed by atoms with van der Waals surface area (Å²) >= 11 is 3.14. The highest BCUT2D eigenvalue weighted by atomic mass is 79.9. The smallest absolute Gasteiger partial charge is 0.123 e. The van der Waals surface area contributed by atoms with Crippen molar-refractivity contribution in [2.24, 2.45) is 0 Å². The fraction of sp³-hybridized carbons (Fsp3) is 0.125. The minimum atomic E-state index is 0.760. The number of ether oxygens (including phenoxy) is 2. The molecule has 2 nitrogen and oxygen atoms in total. The van der Waals surface area contributed by atoms with Crippen LogP contribution in [0.5, 0.6) is 11.5 Å². The van der Waals surface area contributed by atoms with Gasteiger partial charge < -0.3 is 9.47 Å². The number of hydrogen-bond donors (Lipinski definition) is 0. The Morgan fingerprint density at radius 3 is 2.16 bits per heavy atom. The van der Waals surface area contributed by atoms with Gasteiger partial charge in [-0.25, -0.2) is 0 Å². The highest BCUT2D eigenvalue weighted by molar-refractivity contribution is 9.12. The van der Waals surface area contributed by atoms with E-state index >= 15 is 0 Å². The molecule has 96 valence electrons. The van der Waals surface area contributed by atoms with Gasteiger partial charge in [-0.3, -0.25) is 0 Å². The van der Waals surface area contributed by atoms with E-state index in [4.69, 9.17) is 9.47 Å². The molecular formula is C16H13BrO2. The fourth-order valence-electron chi connectivity index (χ4n) is 1.86. The van der Waals surface area contributed by atoms with Gasteiger partial charge in [0.1, 0.15) is 11.5 Å². The van der Waals surface area contributed by atoms with Gasteiger partial charge >= 0.3 is 0 Å². The average molecular weight is 317 g/mol. The van der Waals surface area contributed by atoms with Gasteiger partial charge in [0.15, 0.2) is 0 Å². The van der Waals surface area contributed by atoms with Crippen molar-refractivity contribution in [3.8, 4) is 33.4 Å². The predicted octanol–water partition coefficient (Wildman–Crippen LogP) is 4.07. The summed E-state index contributed by atoms with van der Waals surface area (Å²) in [6.07, 6.45) is 0. The second-order valence-electron chi connectivity index (χ2n) is 3.87. The Morgan fingerprint density at radius 1 is 0.947 bits per heavy atom. The Labute approximate surface area is 121 Å². The predicted molar refractivity (Wildman–Crippen MR) is 80.8 cm³/mol. The van der Waals surface area contributed by atoms with E-state index in [-0.39, 0.29) is 0 Å². The van der Waals surface area contributed by atoms with Crippen LogP contribution in [0.4, 0.5) is 0 Å². The number of methoxy groups -OCH3 is 2. The third-order valence-electron chi connectivity index (χ3n) is 2.77. The van der Waals surface area contributed by atoms with E-state index in [0.29, 0.717) is 0 Å². The van der Waals surface area contributed by atoms with Crippen LogP contribution in [0.1, 0.15) is 5.56 Å². The van der Waals surface area contributed by atoms with Crippen molar-refractivity contribution in [1.29, 1.82) is 0 Å². The first-order chi connectivity index (χ1) is 9.28. The molecule has 0 fully saturated rings. The van der Waals surface area contributed by atoms with Gasteiger partial charge in [-0.2, -0.15) is 0 Å². The summed E-state index contributed by atoms with van der Waals surface area (Å²) in [4.78, 5) is 2.75. The maximum atomic E-state index is 5.29. The molecular weight excluding hydrogens is 304 g/mol. The molecule has 2 aromatic carbocycles. The van der Waals surface area contributed by atoms with Crippen molar-refractivity contribution in [1.82, 2.24) is 0 Å². The van der Waals surface area contributed by atoms with E-state index in [1.54, 1.807) is 14.2 Å². The molecule has 0 saturated heterocycles. The van der Waals surface area contributed by atoms with Crippen molar-refractivity contribution < 1.29 is 9.47 Å². The van der Waals surface area contributed by atoms with E-state index in [0.717, 1.165) is 28.2 Å². The van der Waals surface area contributed by atoms with E-state index < -0.39 is 0 Å². The SMILES string of the molecule is COc1cc(OC)cc(-c2ccccc2C#CBr)c1. The first-order valence-electron chi connectivity index (χ1n) is 5.72. The first-order valence-corrected chi connectivity index (χ1v) is 6.52. The van der Waals surface area contributed by atoms with Crippen LogP contribution < -0.4 is 9.47 Å². The molecule has 0 heterocycles. The second-order valence-corrected chi connectivity index (χ2v) is 4.26. The fourth-order valence-corrected chi connectivity index (χ4v) is 2.07. The topological polar surface area (TPSA) is 18.5 Å². The summed E-state index contributed by atoms with van der Waals surface area (Å²) in [6.45, 7) is 0. The van der Waals surface area contributed by atoms with Gasteiger partial charge in [-0.05, 0) is 34.2 Å². The average Bonchev–Trinajstić information content (AvgIpc) is 2.47. The molecule has 0 aliphatic heterocycles. The van der Waals surface area contributed by atoms with Gasteiger partial charge in [0.05, 0.1) is 14.2 Å². The van der Waals surface area contributed by atoms with Crippen molar-refractivity contribution in [2.45, 2.75) is 0 Å². The second kappa shape index (κ2) is 6.31. The lowest BCUT2D eigenvalue weighted by atomic mass is 9.99. The summed E-state index contributed by atoms with van der Waals surface area (Å²) in [6, 6.07) is 13.8. The third-order valence-corrected chi connectivity index (χ3v) is 2.97. The van der Waals surface area contributed by atoms with Crippen LogP contribution in [0.15, 0.2) is 42.5 Å². The monoisotopic (exact) mass is 316 g/mol. The Hall–Kier alpha value is -1.92. The van der Waals surface area contributed by atoms with E-state index in [1.165, 1.54) is 0 Å². The van der Waals surface area contributed by atoms with Crippen LogP contribution in [0.3, 0.4) is 0 Å². The first kappa shape index (κ1) is 13.5. The zero-order valence-electron chi connectivity index (χ0n) is 10.7. The van der Waals surface area contributed by atoms with Gasteiger partial charge in [-0.1, -0.05) is 24.1 Å². The van der Waals surface area contributed by atoms with E-state index in [1.807, 2.05) is 42.5 Å². The zero-order valence-corrected chi connectivity index (χ0v) is 12.3. The molecule has 2 aromatic rings. The lowest BCUT2D eigenvalue weighted by Crippen LogP contribution is -1.90. The molecule has 19 heavy (non-hydrogen) atoms. The summed E-state index contributed by atoms with van der Waals surface area (Å²) in [5.41, 5.74) is 3.02. The van der Waals surface area contributed by atoms with Crippen molar-refractivity contribution >= 4 is 15.9 Å². The molecule has 0 aliphatic carbocycles. The molecule has 3 heteroatoms. The maximum absolute atomic E-state index is 5.29. The van der Waals surface area contributed by atoms with Gasteiger partial charge in [-0.15, -0.1) is 0 Å². The van der Waals surface area contributed by atoms with Crippen LogP contribution in [-0.4, -0.2) is 14.2 Å². The lowest BCUT2D eigenvalue weighted by molar-refractivity contribution is 0.394. The normalized spacial score (nSPS) is 9.42. The highest BCUT2D eigenvalue weighted by Crippen LogP contribution is 2.31. The number of rotatable bonds is 3. The van der Waals surface area contributed by atoms with Crippen LogP contribution in [-0.2, 0) is 0 Å². The number of halogens is 1. The molecule has 0 unspecified atom stereocenters. The highest BCUT2D eigenvalue weighted by Gasteiger charge is 2.07. The van der Waals surface area contributed by atoms with Crippen LogP contribution in [0.25, 0.3) is 11.1 Å². The molecule has 0 N–H and O–H groups in total. The number of benzene rings is 2. The van der Waals surface area contributed by atoms with Crippen molar-refractivity contribution in [3.63, 3.8) is 0 Å². The lowest BCUT2D eigenvalue weighted by Gasteiger charge is -2.10. The Bertz CT molecular complexity index is 616. The van der Waals surface area contributed by atoms with Crippen LogP contribution in [0.2, 0.25) is 0 Å². The molecule has 0 aromatic heterocycles. The molecule has 0 radical (unpaired) electrons. The van der Waals surface area contributed by atoms with E-state index in [2.05, 4.69) is 26.7 Å². The Morgan fingerprint density at radius 2 is 1.58 bits per heavy atom. The third kappa shape index (κ3) is 3.10. The standard InChI is InChI=1S/C16H13BrO2/c1-18-14-9-13(10-15(11-14)19-2)16-6-4-3-5-12(16)7-8-17/h3-6,9-11H,1-2H3. The Kier molecular flexibility index (Phi) is 4.48. The van der Waals surface area contributed by atoms with Gasteiger partial charge in [0.2, 0.25) is 0 Å². The molecule has 0 aliphatic rings. The minimum Gasteiger partial charge on any atom is -0.497 e. The molecule has 0 atom stereocenters. The largest absolute Gasteiger partial charge is 0.497 e. The van der Waals surface area contributed by atoms with Crippen LogP contribution in [0, 0.1) is 10.8 Å². The van der Waals surface area contributed by atoms with E-state index in [9.17, 15) is 0 Å². The summed E-state index contributed by atoms with van der Waals surface area (Å²) in [5.74, 6) is 4.55. The molecule has 0 spiro atoms. The Balaban J connectivity index is 2.60. The molecule has 0 amide bonds. The quantitative estimate of drug-likeness (QED) is 0.794. The number of hydrogen-bond acceptors (Lipinski definition) is 2. The van der Waals surface area contributed by atoms with Crippen molar-refractivity contribution in [2.75, 3.05) is 14.2 Å². The summed E-state index contributed by atoms with van der Waals surface area (Å²) in [5, 5.41) is 0. The van der Waals surface area contributed by atoms with Gasteiger partial charge in [0, 0.05) is 27.6 Å². The summed E-state index contributed by atoms with van der Waals surface area (Å²) in [7, 11) is 3.28. The van der Waals surface area contributed by atoms with Crippen molar-refractivity contribution in [3.05, 3.63) is 48.0 Å². The molecule has 2 rings (SSSR count).